The van der Waals surface area contributed by atoms with Crippen molar-refractivity contribution in [3.8, 4) is 0 Å². The van der Waals surface area contributed by atoms with E-state index in [4.69, 9.17) is 4.43 Å². The highest BCUT2D eigenvalue weighted by Crippen LogP contribution is 2.56. The molecule has 0 bridgehead atoms. The van der Waals surface area contributed by atoms with Gasteiger partial charge in [-0.2, -0.15) is 0 Å². The van der Waals surface area contributed by atoms with Gasteiger partial charge >= 0.3 is 0 Å². The van der Waals surface area contributed by atoms with Crippen LogP contribution in [-0.2, 0) is 4.43 Å². The SMILES string of the molecule is C/C=C1/[C@H](O)CC2[C@@H](O[Si](CC)(CC)CC)CCC[C@]12C. The number of allylic oxidation sites excluding steroid dienone is 1. The highest BCUT2D eigenvalue weighted by Gasteiger charge is 2.53. The Balaban J connectivity index is 2.23. The minimum absolute atomic E-state index is 0.173. The van der Waals surface area contributed by atoms with Crippen molar-refractivity contribution >= 4 is 8.32 Å². The van der Waals surface area contributed by atoms with Crippen LogP contribution in [0.2, 0.25) is 18.1 Å². The Hall–Kier alpha value is -0.123. The molecule has 0 saturated heterocycles. The lowest BCUT2D eigenvalue weighted by atomic mass is 9.66. The summed E-state index contributed by atoms with van der Waals surface area (Å²) in [5.74, 6) is 0.518. The average Bonchev–Trinajstić information content (AvgIpc) is 2.75. The zero-order valence-electron chi connectivity index (χ0n) is 14.6. The van der Waals surface area contributed by atoms with Crippen molar-refractivity contribution in [3.63, 3.8) is 0 Å². The van der Waals surface area contributed by atoms with E-state index in [-0.39, 0.29) is 11.5 Å². The minimum atomic E-state index is -1.55. The van der Waals surface area contributed by atoms with E-state index in [0.29, 0.717) is 12.0 Å². The van der Waals surface area contributed by atoms with Gasteiger partial charge in [-0.1, -0.05) is 40.2 Å². The van der Waals surface area contributed by atoms with Gasteiger partial charge in [-0.05, 0) is 61.2 Å². The number of rotatable bonds is 5. The largest absolute Gasteiger partial charge is 0.414 e. The monoisotopic (exact) mass is 310 g/mol. The summed E-state index contributed by atoms with van der Waals surface area (Å²) in [7, 11) is -1.55. The van der Waals surface area contributed by atoms with Crippen molar-refractivity contribution in [2.45, 2.75) is 90.6 Å². The zero-order valence-corrected chi connectivity index (χ0v) is 15.6. The normalized spacial score (nSPS) is 38.8. The van der Waals surface area contributed by atoms with Crippen LogP contribution in [0.4, 0.5) is 0 Å². The maximum absolute atomic E-state index is 10.5. The van der Waals surface area contributed by atoms with Crippen molar-refractivity contribution in [2.75, 3.05) is 0 Å². The van der Waals surface area contributed by atoms with Crippen molar-refractivity contribution in [2.24, 2.45) is 11.3 Å². The van der Waals surface area contributed by atoms with Crippen LogP contribution >= 0.6 is 0 Å². The summed E-state index contributed by atoms with van der Waals surface area (Å²) in [6.45, 7) is 11.4. The summed E-state index contributed by atoms with van der Waals surface area (Å²) >= 11 is 0. The highest BCUT2D eigenvalue weighted by molar-refractivity contribution is 6.73. The number of aliphatic hydroxyl groups is 1. The first-order valence-electron chi connectivity index (χ1n) is 8.99. The van der Waals surface area contributed by atoms with Gasteiger partial charge in [0.25, 0.3) is 0 Å². The van der Waals surface area contributed by atoms with E-state index in [1.165, 1.54) is 43.0 Å². The quantitative estimate of drug-likeness (QED) is 0.578. The fourth-order valence-electron chi connectivity index (χ4n) is 4.97. The first kappa shape index (κ1) is 17.2. The van der Waals surface area contributed by atoms with Gasteiger partial charge in [0, 0.05) is 6.10 Å². The molecule has 0 aliphatic heterocycles. The Bertz CT molecular complexity index is 380. The van der Waals surface area contributed by atoms with Crippen LogP contribution in [0.5, 0.6) is 0 Å². The molecule has 2 saturated carbocycles. The molecular weight excluding hydrogens is 276 g/mol. The van der Waals surface area contributed by atoms with Gasteiger partial charge in [0.15, 0.2) is 8.32 Å². The van der Waals surface area contributed by atoms with Gasteiger partial charge < -0.3 is 9.53 Å². The van der Waals surface area contributed by atoms with Crippen LogP contribution < -0.4 is 0 Å². The Morgan fingerprint density at radius 2 is 1.90 bits per heavy atom. The maximum Gasteiger partial charge on any atom is 0.192 e. The second-order valence-electron chi connectivity index (χ2n) is 7.31. The molecule has 2 nitrogen and oxygen atoms in total. The van der Waals surface area contributed by atoms with Crippen LogP contribution in [-0.4, -0.2) is 25.6 Å². The molecular formula is C18H34O2Si. The Labute approximate surface area is 132 Å². The number of fused-ring (bicyclic) bond motifs is 1. The summed E-state index contributed by atoms with van der Waals surface area (Å²) < 4.78 is 6.85. The zero-order chi connectivity index (χ0) is 15.7. The van der Waals surface area contributed by atoms with Gasteiger partial charge in [-0.25, -0.2) is 0 Å². The highest BCUT2D eigenvalue weighted by atomic mass is 28.4. The van der Waals surface area contributed by atoms with Crippen LogP contribution in [0.3, 0.4) is 0 Å². The summed E-state index contributed by atoms with van der Waals surface area (Å²) in [4.78, 5) is 0. The second kappa shape index (κ2) is 6.55. The van der Waals surface area contributed by atoms with E-state index in [1.54, 1.807) is 0 Å². The maximum atomic E-state index is 10.5. The van der Waals surface area contributed by atoms with Crippen LogP contribution in [0.25, 0.3) is 0 Å². The standard InChI is InChI=1S/C18H34O2Si/c1-6-14-16(19)13-15-17(11-10-12-18(14,15)5)20-21(7-2,8-3)9-4/h6,15-17,19H,7-13H2,1-5H3/b14-6-/t15?,16-,17+,18-/m1/s1. The van der Waals surface area contributed by atoms with Crippen molar-refractivity contribution in [3.05, 3.63) is 11.6 Å². The van der Waals surface area contributed by atoms with E-state index in [9.17, 15) is 5.11 Å². The third kappa shape index (κ3) is 2.89. The second-order valence-corrected chi connectivity index (χ2v) is 12.0. The van der Waals surface area contributed by atoms with Crippen molar-refractivity contribution in [1.82, 2.24) is 0 Å². The molecule has 0 radical (unpaired) electrons. The molecule has 2 rings (SSSR count). The summed E-state index contributed by atoms with van der Waals surface area (Å²) in [6, 6.07) is 3.66. The predicted octanol–water partition coefficient (Wildman–Crippen LogP) is 4.89. The first-order chi connectivity index (χ1) is 9.96. The first-order valence-corrected chi connectivity index (χ1v) is 11.5. The molecule has 2 aliphatic rings. The molecule has 21 heavy (non-hydrogen) atoms. The molecule has 0 aromatic carbocycles. The van der Waals surface area contributed by atoms with Crippen LogP contribution in [0.15, 0.2) is 11.6 Å². The van der Waals surface area contributed by atoms with E-state index in [0.717, 1.165) is 6.42 Å². The third-order valence-electron chi connectivity index (χ3n) is 6.59. The molecule has 0 aromatic rings. The lowest BCUT2D eigenvalue weighted by molar-refractivity contribution is 0.0224. The minimum Gasteiger partial charge on any atom is -0.414 e. The lowest BCUT2D eigenvalue weighted by Crippen LogP contribution is -2.47. The summed E-state index contributed by atoms with van der Waals surface area (Å²) in [6.07, 6.45) is 6.85. The summed E-state index contributed by atoms with van der Waals surface area (Å²) in [5, 5.41) is 10.5. The van der Waals surface area contributed by atoms with Gasteiger partial charge in [-0.3, -0.25) is 0 Å². The molecule has 1 unspecified atom stereocenters. The smallest absolute Gasteiger partial charge is 0.192 e. The van der Waals surface area contributed by atoms with Gasteiger partial charge in [0.05, 0.1) is 6.10 Å². The average molecular weight is 311 g/mol. The molecule has 0 heterocycles. The third-order valence-corrected chi connectivity index (χ3v) is 11.3. The number of aliphatic hydroxyl groups excluding tert-OH is 1. The molecule has 2 aliphatic carbocycles. The fraction of sp³-hybridized carbons (Fsp3) is 0.889. The fourth-order valence-corrected chi connectivity index (χ4v) is 7.89. The molecule has 0 amide bonds. The molecule has 3 heteroatoms. The number of hydrogen-bond donors (Lipinski definition) is 1. The van der Waals surface area contributed by atoms with Crippen LogP contribution in [0.1, 0.15) is 60.3 Å². The topological polar surface area (TPSA) is 29.5 Å². The van der Waals surface area contributed by atoms with Gasteiger partial charge in [0.2, 0.25) is 0 Å². The van der Waals surface area contributed by atoms with E-state index in [1.807, 2.05) is 0 Å². The number of hydrogen-bond acceptors (Lipinski definition) is 2. The Morgan fingerprint density at radius 1 is 1.29 bits per heavy atom. The molecule has 0 aromatic heterocycles. The molecule has 0 spiro atoms. The molecule has 122 valence electrons. The molecule has 1 N–H and O–H groups in total. The Morgan fingerprint density at radius 3 is 2.43 bits per heavy atom. The van der Waals surface area contributed by atoms with Crippen molar-refractivity contribution < 1.29 is 9.53 Å². The van der Waals surface area contributed by atoms with Gasteiger partial charge in [0.1, 0.15) is 0 Å². The Kier molecular flexibility index (Phi) is 5.38. The molecule has 4 atom stereocenters. The molecule has 2 fully saturated rings. The van der Waals surface area contributed by atoms with Crippen LogP contribution in [0, 0.1) is 11.3 Å². The van der Waals surface area contributed by atoms with E-state index < -0.39 is 8.32 Å². The van der Waals surface area contributed by atoms with Crippen molar-refractivity contribution in [1.29, 1.82) is 0 Å². The lowest BCUT2D eigenvalue weighted by Gasteiger charge is -2.45. The van der Waals surface area contributed by atoms with Gasteiger partial charge in [-0.15, -0.1) is 0 Å². The van der Waals surface area contributed by atoms with E-state index in [2.05, 4.69) is 40.7 Å². The predicted molar refractivity (Wildman–Crippen MR) is 91.9 cm³/mol. The summed E-state index contributed by atoms with van der Waals surface area (Å²) in [5.41, 5.74) is 1.45. The van der Waals surface area contributed by atoms with E-state index >= 15 is 0 Å².